The Morgan fingerprint density at radius 3 is 1.65 bits per heavy atom. The second kappa shape index (κ2) is 23.7. The number of hydrogen-bond acceptors (Lipinski definition) is 24. The first kappa shape index (κ1) is 59.4. The van der Waals surface area contributed by atoms with Crippen LogP contribution in [-0.2, 0) is 68.1 Å². The fourth-order valence-corrected chi connectivity index (χ4v) is 11.5. The van der Waals surface area contributed by atoms with Crippen molar-refractivity contribution in [2.45, 2.75) is 242 Å². The van der Waals surface area contributed by atoms with E-state index < -0.39 is 176 Å². The fourth-order valence-electron chi connectivity index (χ4n) is 11.5. The number of ketones is 2. The molecular weight excluding hydrogens is 1020 g/mol. The summed E-state index contributed by atoms with van der Waals surface area (Å²) >= 11 is 0. The molecule has 24 atom stereocenters. The number of phenols is 2. The zero-order valence-electron chi connectivity index (χ0n) is 44.8. The van der Waals surface area contributed by atoms with Gasteiger partial charge in [-0.1, -0.05) is 0 Å². The number of carbonyl (C=O) groups is 3. The number of phenolic OH excluding ortho intramolecular Hbond substituents is 2. The minimum Gasteiger partial charge on any atom is -0.507 e. The Morgan fingerprint density at radius 2 is 1.14 bits per heavy atom. The van der Waals surface area contributed by atoms with Crippen LogP contribution in [-0.4, -0.2) is 211 Å². The van der Waals surface area contributed by atoms with Crippen LogP contribution in [0.5, 0.6) is 17.2 Å². The van der Waals surface area contributed by atoms with Crippen LogP contribution in [0.1, 0.15) is 109 Å². The van der Waals surface area contributed by atoms with E-state index in [1.807, 2.05) is 0 Å². The molecule has 0 spiro atoms. The van der Waals surface area contributed by atoms with Crippen LogP contribution in [0.3, 0.4) is 0 Å². The summed E-state index contributed by atoms with van der Waals surface area (Å²) in [5.74, 6) is -4.07. The summed E-state index contributed by atoms with van der Waals surface area (Å²) in [6.45, 7) is 13.3. The van der Waals surface area contributed by atoms with Gasteiger partial charge >= 0.3 is 5.97 Å². The first-order chi connectivity index (χ1) is 36.2. The molecule has 1 aliphatic carbocycles. The van der Waals surface area contributed by atoms with Crippen LogP contribution in [0.25, 0.3) is 10.8 Å². The van der Waals surface area contributed by atoms with E-state index in [0.29, 0.717) is 0 Å². The first-order valence-electron chi connectivity index (χ1n) is 26.3. The van der Waals surface area contributed by atoms with Gasteiger partial charge in [-0.25, -0.2) is 0 Å². The molecule has 432 valence electrons. The standard InChI is InChI=1S/C53H76O24/c1-19-30(73-35-15-32(45(59)22(4)67-35)74-36-14-31(72-26(8)55)44(58)21(3)68-36)13-28-11-27-12-29(50(66-10)43(57)20(2)54)51(49(63)41(27)48(62)40(28)42(19)56)77-38-17-33(46(60)24(6)70-38)75-37-16-34(47(61)23(5)69-37)76-39-18-53(9,65)52(64)25(7)71-39/h11,13,21-25,29,31-39,43-47,50-52,56-62,64-65H,12,14-18H2,1-10H3/t21-,22-,23-,24-,25-,29?,31-,32-,33-,34-,35+,36+,37+,38+,39+,43+,44-,45-,46-,47+,50+,51+,52-,53+/m1/s1. The van der Waals surface area contributed by atoms with E-state index in [1.165, 1.54) is 33.9 Å². The average Bonchev–Trinajstić information content (AvgIpc) is 3.37. The number of aliphatic hydroxyl groups is 7. The molecule has 5 aliphatic heterocycles. The largest absolute Gasteiger partial charge is 0.507 e. The second-order valence-electron chi connectivity index (χ2n) is 21.8. The Morgan fingerprint density at radius 1 is 0.675 bits per heavy atom. The lowest BCUT2D eigenvalue weighted by Gasteiger charge is -2.46. The minimum atomic E-state index is -1.73. The molecule has 0 bridgehead atoms. The Kier molecular flexibility index (Phi) is 18.3. The highest BCUT2D eigenvalue weighted by molar-refractivity contribution is 6.11. The molecule has 0 aromatic heterocycles. The molecule has 2 aromatic rings. The number of methoxy groups -OCH3 is 1. The van der Waals surface area contributed by atoms with Crippen molar-refractivity contribution in [2.75, 3.05) is 7.11 Å². The zero-order chi connectivity index (χ0) is 56.3. The highest BCUT2D eigenvalue weighted by Crippen LogP contribution is 2.48. The number of aliphatic hydroxyl groups excluding tert-OH is 6. The quantitative estimate of drug-likeness (QED) is 0.112. The fraction of sp³-hybridized carbons (Fsp3) is 0.755. The number of esters is 1. The molecule has 0 saturated carbocycles. The van der Waals surface area contributed by atoms with Crippen molar-refractivity contribution in [3.05, 3.63) is 28.8 Å². The van der Waals surface area contributed by atoms with Crippen LogP contribution < -0.4 is 4.74 Å². The van der Waals surface area contributed by atoms with E-state index in [0.717, 1.165) is 6.92 Å². The molecule has 1 unspecified atom stereocenters. The van der Waals surface area contributed by atoms with Gasteiger partial charge in [0, 0.05) is 57.6 Å². The smallest absolute Gasteiger partial charge is 0.302 e. The molecule has 77 heavy (non-hydrogen) atoms. The molecule has 24 nitrogen and oxygen atoms in total. The highest BCUT2D eigenvalue weighted by Gasteiger charge is 2.51. The number of fused-ring (bicyclic) bond motifs is 2. The van der Waals surface area contributed by atoms with Crippen molar-refractivity contribution in [3.8, 4) is 17.2 Å². The summed E-state index contributed by atoms with van der Waals surface area (Å²) in [5, 5.41) is 101. The third-order valence-electron chi connectivity index (χ3n) is 15.9. The van der Waals surface area contributed by atoms with Crippen LogP contribution >= 0.6 is 0 Å². The molecule has 24 heteroatoms. The topological polar surface area (TPSA) is 344 Å². The SMILES string of the molecule is CO[C@@H](C1Cc2cc3cc(O[C@H]4C[C@@H](O[C@H]5C[C@@H](OC(C)=O)[C@H](O)[C@@H](C)O5)[C@H](O)[C@@H](C)O4)c(C)c(O)c3c(O)c2C(=O)[C@H]1O[C@H]1C[C@@H](O[C@H]2C[C@@H](O[C@H]3C[C@](C)(O)[C@H](O)[C@@H](C)O3)[C@@H](O)[C@@H](C)O2)[C@H](O)[C@@H](C)O1)[C@@H](O)C(C)=O. The molecule has 6 aliphatic rings. The average molecular weight is 1100 g/mol. The van der Waals surface area contributed by atoms with E-state index in [2.05, 4.69) is 0 Å². The number of carbonyl (C=O) groups excluding carboxylic acids is 3. The predicted octanol–water partition coefficient (Wildman–Crippen LogP) is 0.961. The van der Waals surface area contributed by atoms with Gasteiger partial charge in [0.2, 0.25) is 6.29 Å². The lowest BCUT2D eigenvalue weighted by molar-refractivity contribution is -0.334. The van der Waals surface area contributed by atoms with Crippen molar-refractivity contribution < 1.29 is 117 Å². The highest BCUT2D eigenvalue weighted by atomic mass is 16.7. The van der Waals surface area contributed by atoms with Crippen molar-refractivity contribution in [1.29, 1.82) is 0 Å². The van der Waals surface area contributed by atoms with E-state index in [4.69, 9.17) is 56.8 Å². The third kappa shape index (κ3) is 12.4. The van der Waals surface area contributed by atoms with Gasteiger partial charge in [-0.3, -0.25) is 14.4 Å². The number of ether oxygens (including phenoxy) is 12. The molecule has 5 fully saturated rings. The molecule has 5 saturated heterocycles. The third-order valence-corrected chi connectivity index (χ3v) is 15.9. The Hall–Kier alpha value is -3.77. The van der Waals surface area contributed by atoms with Crippen molar-refractivity contribution in [3.63, 3.8) is 0 Å². The number of Topliss-reactive ketones (excluding diaryl/α,β-unsaturated/α-hetero) is 2. The summed E-state index contributed by atoms with van der Waals surface area (Å²) in [6.07, 6.45) is -24.3. The number of benzene rings is 2. The van der Waals surface area contributed by atoms with Crippen molar-refractivity contribution in [1.82, 2.24) is 0 Å². The summed E-state index contributed by atoms with van der Waals surface area (Å²) in [7, 11) is 1.26. The molecule has 0 amide bonds. The molecular formula is C53H76O24. The van der Waals surface area contributed by atoms with E-state index in [1.54, 1.807) is 40.7 Å². The van der Waals surface area contributed by atoms with Gasteiger partial charge in [-0.15, -0.1) is 0 Å². The molecule has 2 aromatic carbocycles. The van der Waals surface area contributed by atoms with Crippen LogP contribution in [0, 0.1) is 12.8 Å². The maximum Gasteiger partial charge on any atom is 0.302 e. The Labute approximate surface area is 445 Å². The van der Waals surface area contributed by atoms with Crippen LogP contribution in [0.2, 0.25) is 0 Å². The molecule has 0 radical (unpaired) electrons. The van der Waals surface area contributed by atoms with E-state index >= 15 is 0 Å². The molecule has 8 rings (SSSR count). The van der Waals surface area contributed by atoms with Crippen LogP contribution in [0.4, 0.5) is 0 Å². The van der Waals surface area contributed by atoms with E-state index in [-0.39, 0.29) is 71.7 Å². The van der Waals surface area contributed by atoms with Gasteiger partial charge < -0.3 is 103 Å². The van der Waals surface area contributed by atoms with Gasteiger partial charge in [-0.05, 0) is 84.9 Å². The van der Waals surface area contributed by atoms with Gasteiger partial charge in [0.05, 0.1) is 71.5 Å². The number of aromatic hydroxyl groups is 2. The maximum absolute atomic E-state index is 15.0. The summed E-state index contributed by atoms with van der Waals surface area (Å²) in [5.41, 5.74) is -1.34. The van der Waals surface area contributed by atoms with Crippen molar-refractivity contribution in [2.24, 2.45) is 5.92 Å². The maximum atomic E-state index is 15.0. The lowest BCUT2D eigenvalue weighted by atomic mass is 9.75. The number of hydrogen-bond donors (Lipinski definition) is 9. The normalized spacial score (nSPS) is 41.6. The van der Waals surface area contributed by atoms with Gasteiger partial charge in [0.25, 0.3) is 0 Å². The van der Waals surface area contributed by atoms with Gasteiger partial charge in [0.15, 0.2) is 36.7 Å². The number of rotatable bonds is 15. The summed E-state index contributed by atoms with van der Waals surface area (Å²) < 4.78 is 72.2. The predicted molar refractivity (Wildman–Crippen MR) is 262 cm³/mol. The summed E-state index contributed by atoms with van der Waals surface area (Å²) in [4.78, 5) is 39.5. The lowest BCUT2D eigenvalue weighted by Crippen LogP contribution is -2.58. The Balaban J connectivity index is 1.02. The van der Waals surface area contributed by atoms with E-state index in [9.17, 15) is 60.3 Å². The first-order valence-corrected chi connectivity index (χ1v) is 26.3. The summed E-state index contributed by atoms with van der Waals surface area (Å²) in [6, 6.07) is 3.09. The monoisotopic (exact) mass is 1100 g/mol. The second-order valence-corrected chi connectivity index (χ2v) is 21.8. The van der Waals surface area contributed by atoms with Gasteiger partial charge in [0.1, 0.15) is 66.1 Å². The molecule has 5 heterocycles. The Bertz CT molecular complexity index is 2440. The molecule has 9 N–H and O–H groups in total. The van der Waals surface area contributed by atoms with Crippen molar-refractivity contribution >= 4 is 28.3 Å². The van der Waals surface area contributed by atoms with Crippen LogP contribution in [0.15, 0.2) is 12.1 Å². The zero-order valence-corrected chi connectivity index (χ0v) is 44.8. The van der Waals surface area contributed by atoms with Gasteiger partial charge in [-0.2, -0.15) is 0 Å². The minimum absolute atomic E-state index is 0.0120.